The summed E-state index contributed by atoms with van der Waals surface area (Å²) >= 11 is 6.03. The molecular weight excluding hydrogens is 541 g/mol. The van der Waals surface area contributed by atoms with Crippen molar-refractivity contribution in [3.8, 4) is 0 Å². The number of aliphatic imine (C=N–C) groups is 1. The predicted octanol–water partition coefficient (Wildman–Crippen LogP) is 3.48. The molecule has 0 saturated carbocycles. The number of anilines is 1. The minimum absolute atomic E-state index is 0. The molecule has 2 aromatic rings. The molecular formula is C23H31ClIN5O2. The largest absolute Gasteiger partial charge is 0.379 e. The maximum absolute atomic E-state index is 12.3. The number of rotatable bonds is 8. The Morgan fingerprint density at radius 3 is 2.38 bits per heavy atom. The van der Waals surface area contributed by atoms with E-state index in [1.165, 1.54) is 0 Å². The molecule has 9 heteroatoms. The second-order valence-electron chi connectivity index (χ2n) is 7.36. The van der Waals surface area contributed by atoms with E-state index in [1.807, 2.05) is 48.5 Å². The molecule has 174 valence electrons. The van der Waals surface area contributed by atoms with Crippen molar-refractivity contribution in [2.24, 2.45) is 4.99 Å². The van der Waals surface area contributed by atoms with Gasteiger partial charge in [0.05, 0.1) is 13.2 Å². The standard InChI is InChI=1S/C23H30ClN5O2.HI/c1-25-23(26-16-18-4-2-6-20(24)14-18)27-17-19-5-3-7-21(15-19)28-22(30)8-9-29-10-12-31-13-11-29;/h2-7,14-15H,8-13,16-17H2,1H3,(H,28,30)(H2,25,26,27);1H. The first-order valence-electron chi connectivity index (χ1n) is 10.5. The van der Waals surface area contributed by atoms with Gasteiger partial charge in [-0.05, 0) is 35.4 Å². The first-order valence-corrected chi connectivity index (χ1v) is 10.9. The summed E-state index contributed by atoms with van der Waals surface area (Å²) in [5.41, 5.74) is 2.93. The summed E-state index contributed by atoms with van der Waals surface area (Å²) in [5, 5.41) is 10.3. The normalized spacial score (nSPS) is 14.4. The molecule has 0 unspecified atom stereocenters. The number of carbonyl (C=O) groups is 1. The molecule has 0 aliphatic carbocycles. The van der Waals surface area contributed by atoms with E-state index in [1.54, 1.807) is 7.05 Å². The Bertz CT molecular complexity index is 890. The molecule has 1 aliphatic heterocycles. The van der Waals surface area contributed by atoms with E-state index in [-0.39, 0.29) is 29.9 Å². The number of carbonyl (C=O) groups excluding carboxylic acids is 1. The summed E-state index contributed by atoms with van der Waals surface area (Å²) in [6.07, 6.45) is 0.475. The molecule has 2 aromatic carbocycles. The Morgan fingerprint density at radius 2 is 1.72 bits per heavy atom. The van der Waals surface area contributed by atoms with Crippen LogP contribution in [-0.4, -0.2) is 56.7 Å². The van der Waals surface area contributed by atoms with E-state index in [2.05, 4.69) is 25.8 Å². The van der Waals surface area contributed by atoms with Crippen molar-refractivity contribution in [3.63, 3.8) is 0 Å². The number of guanidine groups is 1. The summed E-state index contributed by atoms with van der Waals surface area (Å²) in [6.45, 7) is 5.24. The lowest BCUT2D eigenvalue weighted by atomic mass is 10.2. The van der Waals surface area contributed by atoms with Crippen LogP contribution in [0.25, 0.3) is 0 Å². The molecule has 7 nitrogen and oxygen atoms in total. The Morgan fingerprint density at radius 1 is 1.06 bits per heavy atom. The number of benzene rings is 2. The van der Waals surface area contributed by atoms with E-state index >= 15 is 0 Å². The number of halogens is 2. The van der Waals surface area contributed by atoms with Crippen LogP contribution in [-0.2, 0) is 22.6 Å². The fraction of sp³-hybridized carbons (Fsp3) is 0.391. The summed E-state index contributed by atoms with van der Waals surface area (Å²) in [4.78, 5) is 18.8. The molecule has 3 rings (SSSR count). The van der Waals surface area contributed by atoms with Gasteiger partial charge in [0.1, 0.15) is 0 Å². The van der Waals surface area contributed by atoms with Gasteiger partial charge in [0.2, 0.25) is 5.91 Å². The number of hydrogen-bond acceptors (Lipinski definition) is 4. The van der Waals surface area contributed by atoms with Crippen LogP contribution in [0.1, 0.15) is 17.5 Å². The molecule has 1 fully saturated rings. The van der Waals surface area contributed by atoms with Crippen molar-refractivity contribution in [1.29, 1.82) is 0 Å². The first kappa shape index (κ1) is 26.4. The smallest absolute Gasteiger partial charge is 0.225 e. The molecule has 3 N–H and O–H groups in total. The molecule has 1 saturated heterocycles. The Hall–Kier alpha value is -1.88. The highest BCUT2D eigenvalue weighted by Crippen LogP contribution is 2.12. The van der Waals surface area contributed by atoms with Crippen LogP contribution >= 0.6 is 35.6 Å². The molecule has 0 radical (unpaired) electrons. The minimum atomic E-state index is 0. The monoisotopic (exact) mass is 571 g/mol. The Balaban J connectivity index is 0.00000363. The molecule has 0 aromatic heterocycles. The molecule has 1 amide bonds. The summed E-state index contributed by atoms with van der Waals surface area (Å²) in [5.74, 6) is 0.718. The highest BCUT2D eigenvalue weighted by atomic mass is 127. The highest BCUT2D eigenvalue weighted by molar-refractivity contribution is 14.0. The number of morpholine rings is 1. The molecule has 32 heavy (non-hydrogen) atoms. The van der Waals surface area contributed by atoms with Crippen LogP contribution in [0, 0.1) is 0 Å². The van der Waals surface area contributed by atoms with Gasteiger partial charge in [0.25, 0.3) is 0 Å². The van der Waals surface area contributed by atoms with Crippen molar-refractivity contribution in [3.05, 3.63) is 64.7 Å². The fourth-order valence-electron chi connectivity index (χ4n) is 3.31. The molecule has 1 heterocycles. The van der Waals surface area contributed by atoms with Gasteiger partial charge in [0.15, 0.2) is 5.96 Å². The van der Waals surface area contributed by atoms with Gasteiger partial charge in [-0.25, -0.2) is 0 Å². The van der Waals surface area contributed by atoms with Gasteiger partial charge in [-0.3, -0.25) is 14.7 Å². The van der Waals surface area contributed by atoms with Crippen molar-refractivity contribution in [1.82, 2.24) is 15.5 Å². The maximum atomic E-state index is 12.3. The predicted molar refractivity (Wildman–Crippen MR) is 141 cm³/mol. The van der Waals surface area contributed by atoms with Crippen molar-refractivity contribution in [2.45, 2.75) is 19.5 Å². The third-order valence-corrected chi connectivity index (χ3v) is 5.24. The van der Waals surface area contributed by atoms with Crippen LogP contribution in [0.3, 0.4) is 0 Å². The van der Waals surface area contributed by atoms with Gasteiger partial charge in [-0.1, -0.05) is 35.9 Å². The zero-order valence-electron chi connectivity index (χ0n) is 18.3. The first-order chi connectivity index (χ1) is 15.1. The minimum Gasteiger partial charge on any atom is -0.379 e. The Labute approximate surface area is 212 Å². The number of amides is 1. The Kier molecular flexibility index (Phi) is 11.8. The van der Waals surface area contributed by atoms with Crippen molar-refractivity contribution < 1.29 is 9.53 Å². The number of ether oxygens (including phenoxy) is 1. The van der Waals surface area contributed by atoms with Gasteiger partial charge < -0.3 is 20.7 Å². The van der Waals surface area contributed by atoms with Crippen LogP contribution in [0.5, 0.6) is 0 Å². The third-order valence-electron chi connectivity index (χ3n) is 5.00. The lowest BCUT2D eigenvalue weighted by Gasteiger charge is -2.26. The molecule has 1 aliphatic rings. The van der Waals surface area contributed by atoms with E-state index in [4.69, 9.17) is 16.3 Å². The van der Waals surface area contributed by atoms with E-state index < -0.39 is 0 Å². The zero-order chi connectivity index (χ0) is 21.9. The van der Waals surface area contributed by atoms with E-state index in [0.717, 1.165) is 49.7 Å². The van der Waals surface area contributed by atoms with Crippen LogP contribution < -0.4 is 16.0 Å². The average Bonchev–Trinajstić information content (AvgIpc) is 2.79. The van der Waals surface area contributed by atoms with Gasteiger partial charge >= 0.3 is 0 Å². The molecule has 0 spiro atoms. The average molecular weight is 572 g/mol. The SMILES string of the molecule is CN=C(NCc1cccc(Cl)c1)NCc1cccc(NC(=O)CCN2CCOCC2)c1.I. The number of nitrogens with one attached hydrogen (secondary N) is 3. The van der Waals surface area contributed by atoms with Crippen LogP contribution in [0.4, 0.5) is 5.69 Å². The highest BCUT2D eigenvalue weighted by Gasteiger charge is 2.12. The fourth-order valence-corrected chi connectivity index (χ4v) is 3.52. The van der Waals surface area contributed by atoms with Crippen molar-refractivity contribution >= 4 is 53.1 Å². The summed E-state index contributed by atoms with van der Waals surface area (Å²) in [7, 11) is 1.73. The molecule has 0 bridgehead atoms. The van der Waals surface area contributed by atoms with Gasteiger partial charge in [-0.2, -0.15) is 0 Å². The quantitative estimate of drug-likeness (QED) is 0.257. The third kappa shape index (κ3) is 9.32. The second-order valence-corrected chi connectivity index (χ2v) is 7.80. The zero-order valence-corrected chi connectivity index (χ0v) is 21.4. The lowest BCUT2D eigenvalue weighted by Crippen LogP contribution is -2.38. The second kappa shape index (κ2) is 14.3. The van der Waals surface area contributed by atoms with E-state index in [0.29, 0.717) is 30.5 Å². The summed E-state index contributed by atoms with van der Waals surface area (Å²) in [6, 6.07) is 15.6. The van der Waals surface area contributed by atoms with Crippen LogP contribution in [0.2, 0.25) is 5.02 Å². The van der Waals surface area contributed by atoms with Gasteiger partial charge in [0, 0.05) is 56.9 Å². The van der Waals surface area contributed by atoms with E-state index in [9.17, 15) is 4.79 Å². The number of hydrogen-bond donors (Lipinski definition) is 3. The maximum Gasteiger partial charge on any atom is 0.225 e. The van der Waals surface area contributed by atoms with Crippen molar-refractivity contribution in [2.75, 3.05) is 45.2 Å². The summed E-state index contributed by atoms with van der Waals surface area (Å²) < 4.78 is 5.34. The van der Waals surface area contributed by atoms with Crippen LogP contribution in [0.15, 0.2) is 53.5 Å². The lowest BCUT2D eigenvalue weighted by molar-refractivity contribution is -0.116. The van der Waals surface area contributed by atoms with Gasteiger partial charge in [-0.15, -0.1) is 24.0 Å². The molecule has 0 atom stereocenters. The topological polar surface area (TPSA) is 78.0 Å². The number of nitrogens with zero attached hydrogens (tertiary/aromatic N) is 2.